The van der Waals surface area contributed by atoms with Crippen molar-refractivity contribution < 1.29 is 4.79 Å². The number of nitrogens with two attached hydrogens (primary N) is 1. The molecule has 7 nitrogen and oxygen atoms in total. The maximum absolute atomic E-state index is 13.5. The van der Waals surface area contributed by atoms with E-state index in [2.05, 4.69) is 25.1 Å². The zero-order valence-corrected chi connectivity index (χ0v) is 21.7. The second kappa shape index (κ2) is 11.3. The predicted molar refractivity (Wildman–Crippen MR) is 147 cm³/mol. The summed E-state index contributed by atoms with van der Waals surface area (Å²) in [6.07, 6.45) is 12.9. The number of fused-ring (bicyclic) bond motifs is 1. The fourth-order valence-electron chi connectivity index (χ4n) is 5.66. The van der Waals surface area contributed by atoms with E-state index in [-0.39, 0.29) is 11.9 Å². The highest BCUT2D eigenvalue weighted by atomic mass is 35.5. The Hall–Kier alpha value is -2.48. The lowest BCUT2D eigenvalue weighted by molar-refractivity contribution is -0.128. The molecule has 0 saturated carbocycles. The number of amides is 1. The Bertz CT molecular complexity index is 1060. The number of hydrogen-bond acceptors (Lipinski definition) is 6. The lowest BCUT2D eigenvalue weighted by Gasteiger charge is -2.41. The molecule has 0 unspecified atom stereocenters. The summed E-state index contributed by atoms with van der Waals surface area (Å²) in [5.74, 6) is -0.0574. The lowest BCUT2D eigenvalue weighted by Crippen LogP contribution is -2.60. The first kappa shape index (κ1) is 25.2. The number of dihydropyridines is 1. The van der Waals surface area contributed by atoms with E-state index in [1.165, 1.54) is 32.4 Å². The minimum Gasteiger partial charge on any atom is -0.370 e. The molecule has 4 aliphatic heterocycles. The van der Waals surface area contributed by atoms with Crippen LogP contribution < -0.4 is 11.1 Å². The van der Waals surface area contributed by atoms with Gasteiger partial charge in [0.25, 0.3) is 0 Å². The summed E-state index contributed by atoms with van der Waals surface area (Å²) in [6.45, 7) is 5.51. The Morgan fingerprint density at radius 1 is 1.11 bits per heavy atom. The monoisotopic (exact) mass is 508 g/mol. The molecule has 1 atom stereocenters. The van der Waals surface area contributed by atoms with Crippen molar-refractivity contribution in [3.8, 4) is 0 Å². The highest BCUT2D eigenvalue weighted by Crippen LogP contribution is 2.29. The first-order chi connectivity index (χ1) is 17.5. The third-order valence-corrected chi connectivity index (χ3v) is 8.21. The van der Waals surface area contributed by atoms with Crippen LogP contribution in [-0.2, 0) is 4.79 Å². The summed E-state index contributed by atoms with van der Waals surface area (Å²) < 4.78 is 0. The molecule has 2 fully saturated rings. The van der Waals surface area contributed by atoms with Gasteiger partial charge in [-0.2, -0.15) is 0 Å². The van der Waals surface area contributed by atoms with E-state index in [0.717, 1.165) is 55.0 Å². The van der Waals surface area contributed by atoms with Crippen molar-refractivity contribution in [3.05, 3.63) is 58.4 Å². The molecule has 36 heavy (non-hydrogen) atoms. The van der Waals surface area contributed by atoms with E-state index in [1.54, 1.807) is 0 Å². The van der Waals surface area contributed by atoms with Crippen molar-refractivity contribution in [2.24, 2.45) is 15.7 Å². The number of piperidine rings is 2. The predicted octanol–water partition coefficient (Wildman–Crippen LogP) is 3.86. The molecular weight excluding hydrogens is 472 g/mol. The number of carbonyl (C=O) groups is 1. The molecular formula is C28H37ClN6O. The number of allylic oxidation sites excluding steroid dienone is 2. The Labute approximate surface area is 219 Å². The minimum absolute atomic E-state index is 0.0574. The summed E-state index contributed by atoms with van der Waals surface area (Å²) in [4.78, 5) is 27.3. The van der Waals surface area contributed by atoms with E-state index < -0.39 is 5.54 Å². The van der Waals surface area contributed by atoms with Crippen LogP contribution in [-0.4, -0.2) is 72.4 Å². The minimum atomic E-state index is -0.881. The van der Waals surface area contributed by atoms with Gasteiger partial charge in [0.05, 0.1) is 29.5 Å². The third kappa shape index (κ3) is 5.74. The fraction of sp³-hybridized carbons (Fsp3) is 0.536. The van der Waals surface area contributed by atoms with Gasteiger partial charge >= 0.3 is 0 Å². The summed E-state index contributed by atoms with van der Waals surface area (Å²) in [5, 5.41) is 4.02. The Balaban J connectivity index is 1.21. The molecule has 1 aromatic rings. The number of rotatable bonds is 8. The molecule has 3 N–H and O–H groups in total. The summed E-state index contributed by atoms with van der Waals surface area (Å²) in [6, 6.07) is 7.76. The SMILES string of the molecule is NC1(C(=O)N[C@@H](CCCN2CCCCC2)c2ccc(Cl)cc2)CCN(C2=C3C=CN=C3CN=C2)CC1. The largest absolute Gasteiger partial charge is 0.370 e. The van der Waals surface area contributed by atoms with E-state index in [9.17, 15) is 4.79 Å². The van der Waals surface area contributed by atoms with Crippen molar-refractivity contribution in [1.82, 2.24) is 15.1 Å². The van der Waals surface area contributed by atoms with Gasteiger partial charge in [-0.3, -0.25) is 14.8 Å². The average Bonchev–Trinajstić information content (AvgIpc) is 3.39. The molecule has 4 heterocycles. The highest BCUT2D eigenvalue weighted by Gasteiger charge is 2.39. The van der Waals surface area contributed by atoms with Gasteiger partial charge in [-0.25, -0.2) is 0 Å². The average molecular weight is 509 g/mol. The van der Waals surface area contributed by atoms with Gasteiger partial charge in [0, 0.05) is 36.1 Å². The summed E-state index contributed by atoms with van der Waals surface area (Å²) in [7, 11) is 0. The lowest BCUT2D eigenvalue weighted by atomic mass is 9.86. The number of likely N-dealkylation sites (tertiary alicyclic amines) is 2. The zero-order valence-electron chi connectivity index (χ0n) is 21.0. The van der Waals surface area contributed by atoms with E-state index >= 15 is 0 Å². The molecule has 4 aliphatic rings. The molecule has 5 rings (SSSR count). The van der Waals surface area contributed by atoms with Gasteiger partial charge < -0.3 is 20.9 Å². The van der Waals surface area contributed by atoms with Crippen LogP contribution >= 0.6 is 11.6 Å². The number of nitrogens with zero attached hydrogens (tertiary/aromatic N) is 4. The van der Waals surface area contributed by atoms with Crippen LogP contribution in [0, 0.1) is 0 Å². The van der Waals surface area contributed by atoms with E-state index in [0.29, 0.717) is 24.4 Å². The molecule has 0 aromatic heterocycles. The molecule has 1 amide bonds. The molecule has 0 radical (unpaired) electrons. The zero-order chi connectivity index (χ0) is 25.0. The number of aliphatic imine (C=N–C) groups is 2. The molecule has 2 saturated heterocycles. The highest BCUT2D eigenvalue weighted by molar-refractivity contribution is 6.30. The topological polar surface area (TPSA) is 86.3 Å². The van der Waals surface area contributed by atoms with Crippen molar-refractivity contribution in [2.45, 2.75) is 56.5 Å². The van der Waals surface area contributed by atoms with Gasteiger partial charge in [-0.05, 0) is 81.9 Å². The molecule has 0 bridgehead atoms. The second-order valence-corrected chi connectivity index (χ2v) is 10.9. The Morgan fingerprint density at radius 2 is 1.86 bits per heavy atom. The van der Waals surface area contributed by atoms with E-state index in [1.807, 2.05) is 42.8 Å². The number of carbonyl (C=O) groups excluding carboxylic acids is 1. The van der Waals surface area contributed by atoms with Crippen molar-refractivity contribution in [1.29, 1.82) is 0 Å². The van der Waals surface area contributed by atoms with Crippen molar-refractivity contribution in [2.75, 3.05) is 39.3 Å². The fourth-order valence-corrected chi connectivity index (χ4v) is 5.79. The standard InChI is InChI=1S/C28H37ClN6O/c29-22-8-6-21(7-9-22)24(5-4-16-34-14-2-1-3-15-34)33-27(36)28(30)11-17-35(18-12-28)26-20-31-19-25-23(26)10-13-32-25/h6-10,13,20,24H,1-5,11-12,14-19,30H2,(H,33,36)/t24-/m0/s1. The van der Waals surface area contributed by atoms with Crippen LogP contribution in [0.15, 0.2) is 57.8 Å². The molecule has 0 aliphatic carbocycles. The van der Waals surface area contributed by atoms with Crippen molar-refractivity contribution >= 4 is 29.4 Å². The number of halogens is 1. The molecule has 0 spiro atoms. The van der Waals surface area contributed by atoms with Crippen LogP contribution in [0.1, 0.15) is 56.6 Å². The summed E-state index contributed by atoms with van der Waals surface area (Å²) in [5.41, 5.74) is 10.2. The Morgan fingerprint density at radius 3 is 2.61 bits per heavy atom. The van der Waals surface area contributed by atoms with Gasteiger partial charge in [0.1, 0.15) is 0 Å². The third-order valence-electron chi connectivity index (χ3n) is 7.96. The van der Waals surface area contributed by atoms with E-state index in [4.69, 9.17) is 17.3 Å². The normalized spacial score (nSPS) is 22.4. The first-order valence-corrected chi connectivity index (χ1v) is 13.7. The van der Waals surface area contributed by atoms with Crippen LogP contribution in [0.4, 0.5) is 0 Å². The smallest absolute Gasteiger partial charge is 0.240 e. The number of nitrogens with one attached hydrogen (secondary N) is 1. The molecule has 192 valence electrons. The first-order valence-electron chi connectivity index (χ1n) is 13.3. The molecule has 8 heteroatoms. The number of benzene rings is 1. The van der Waals surface area contributed by atoms with Gasteiger partial charge in [-0.15, -0.1) is 0 Å². The van der Waals surface area contributed by atoms with Crippen LogP contribution in [0.3, 0.4) is 0 Å². The number of hydrogen-bond donors (Lipinski definition) is 2. The second-order valence-electron chi connectivity index (χ2n) is 10.4. The quantitative estimate of drug-likeness (QED) is 0.558. The van der Waals surface area contributed by atoms with Gasteiger partial charge in [-0.1, -0.05) is 30.2 Å². The maximum atomic E-state index is 13.5. The van der Waals surface area contributed by atoms with Gasteiger partial charge in [0.2, 0.25) is 5.91 Å². The maximum Gasteiger partial charge on any atom is 0.240 e. The van der Waals surface area contributed by atoms with Crippen LogP contribution in [0.25, 0.3) is 0 Å². The molecule has 1 aromatic carbocycles. The Kier molecular flexibility index (Phi) is 7.89. The van der Waals surface area contributed by atoms with Crippen LogP contribution in [0.2, 0.25) is 5.02 Å². The summed E-state index contributed by atoms with van der Waals surface area (Å²) >= 11 is 6.14. The van der Waals surface area contributed by atoms with Gasteiger partial charge in [0.15, 0.2) is 0 Å². The van der Waals surface area contributed by atoms with Crippen LogP contribution in [0.5, 0.6) is 0 Å². The van der Waals surface area contributed by atoms with Crippen molar-refractivity contribution in [3.63, 3.8) is 0 Å².